The highest BCUT2D eigenvalue weighted by molar-refractivity contribution is 6.42. The van der Waals surface area contributed by atoms with Gasteiger partial charge in [0.25, 0.3) is 5.91 Å². The van der Waals surface area contributed by atoms with E-state index in [-0.39, 0.29) is 15.7 Å². The Hall–Kier alpha value is -1.69. The number of rotatable bonds is 4. The van der Waals surface area contributed by atoms with Crippen molar-refractivity contribution in [1.29, 1.82) is 0 Å². The number of hydrogen-bond donors (Lipinski definition) is 1. The SMILES string of the molecule is C[C@H](OC(=O)c1cccn1C)C(=O)Nc1c(Cl)cc(Cl)cc1Cl. The lowest BCUT2D eigenvalue weighted by Gasteiger charge is -2.15. The Morgan fingerprint density at radius 3 is 2.35 bits per heavy atom. The zero-order valence-electron chi connectivity index (χ0n) is 12.3. The first-order valence-corrected chi connectivity index (χ1v) is 7.70. The van der Waals surface area contributed by atoms with Crippen molar-refractivity contribution in [2.45, 2.75) is 13.0 Å². The number of carbonyl (C=O) groups excluding carboxylic acids is 2. The summed E-state index contributed by atoms with van der Waals surface area (Å²) < 4.78 is 6.73. The first-order valence-electron chi connectivity index (χ1n) is 6.57. The lowest BCUT2D eigenvalue weighted by atomic mass is 10.3. The predicted octanol–water partition coefficient (Wildman–Crippen LogP) is 4.17. The van der Waals surface area contributed by atoms with Crippen LogP contribution in [0.15, 0.2) is 30.5 Å². The molecule has 2 rings (SSSR count). The van der Waals surface area contributed by atoms with Crippen molar-refractivity contribution in [3.05, 3.63) is 51.2 Å². The van der Waals surface area contributed by atoms with Crippen LogP contribution in [0, 0.1) is 0 Å². The van der Waals surface area contributed by atoms with Crippen molar-refractivity contribution in [3.8, 4) is 0 Å². The lowest BCUT2D eigenvalue weighted by Crippen LogP contribution is -2.30. The molecule has 122 valence electrons. The minimum absolute atomic E-state index is 0.191. The highest BCUT2D eigenvalue weighted by atomic mass is 35.5. The van der Waals surface area contributed by atoms with Gasteiger partial charge in [-0.2, -0.15) is 0 Å². The van der Waals surface area contributed by atoms with E-state index in [0.717, 1.165) is 0 Å². The first-order chi connectivity index (χ1) is 10.8. The summed E-state index contributed by atoms with van der Waals surface area (Å²) in [6.07, 6.45) is 0.675. The first kappa shape index (κ1) is 17.7. The second-order valence-corrected chi connectivity index (χ2v) is 6.04. The number of nitrogens with zero attached hydrogens (tertiary/aromatic N) is 1. The summed E-state index contributed by atoms with van der Waals surface area (Å²) in [4.78, 5) is 24.1. The molecule has 0 aliphatic carbocycles. The van der Waals surface area contributed by atoms with E-state index in [9.17, 15) is 9.59 Å². The van der Waals surface area contributed by atoms with Crippen LogP contribution < -0.4 is 5.32 Å². The van der Waals surface area contributed by atoms with E-state index in [1.54, 1.807) is 29.9 Å². The van der Waals surface area contributed by atoms with E-state index in [0.29, 0.717) is 10.7 Å². The number of esters is 1. The maximum atomic E-state index is 12.1. The fourth-order valence-corrected chi connectivity index (χ4v) is 2.75. The fraction of sp³-hybridized carbons (Fsp3) is 0.200. The molecule has 1 heterocycles. The summed E-state index contributed by atoms with van der Waals surface area (Å²) in [6.45, 7) is 1.45. The van der Waals surface area contributed by atoms with Crippen LogP contribution in [0.3, 0.4) is 0 Å². The maximum Gasteiger partial charge on any atom is 0.355 e. The van der Waals surface area contributed by atoms with E-state index in [2.05, 4.69) is 5.32 Å². The van der Waals surface area contributed by atoms with Gasteiger partial charge in [-0.25, -0.2) is 4.79 Å². The third-order valence-electron chi connectivity index (χ3n) is 3.06. The van der Waals surface area contributed by atoms with E-state index < -0.39 is 18.0 Å². The molecule has 0 radical (unpaired) electrons. The van der Waals surface area contributed by atoms with Crippen LogP contribution >= 0.6 is 34.8 Å². The van der Waals surface area contributed by atoms with Crippen molar-refractivity contribution in [2.24, 2.45) is 7.05 Å². The smallest absolute Gasteiger partial charge is 0.355 e. The van der Waals surface area contributed by atoms with Crippen LogP contribution in [0.25, 0.3) is 0 Å². The molecule has 0 fully saturated rings. The molecule has 23 heavy (non-hydrogen) atoms. The van der Waals surface area contributed by atoms with Crippen LogP contribution in [-0.4, -0.2) is 22.5 Å². The number of ether oxygens (including phenoxy) is 1. The maximum absolute atomic E-state index is 12.1. The van der Waals surface area contributed by atoms with Crippen molar-refractivity contribution in [2.75, 3.05) is 5.32 Å². The van der Waals surface area contributed by atoms with Gasteiger partial charge >= 0.3 is 5.97 Å². The molecule has 1 atom stereocenters. The van der Waals surface area contributed by atoms with Gasteiger partial charge in [-0.1, -0.05) is 34.8 Å². The number of aromatic nitrogens is 1. The molecular formula is C15H13Cl3N2O3. The van der Waals surface area contributed by atoms with Crippen LogP contribution in [0.1, 0.15) is 17.4 Å². The van der Waals surface area contributed by atoms with E-state index >= 15 is 0 Å². The van der Waals surface area contributed by atoms with Gasteiger partial charge in [0.15, 0.2) is 6.10 Å². The number of hydrogen-bond acceptors (Lipinski definition) is 3. The third kappa shape index (κ3) is 4.19. The van der Waals surface area contributed by atoms with Crippen LogP contribution in [0.2, 0.25) is 15.1 Å². The Kier molecular flexibility index (Phi) is 5.57. The molecule has 0 bridgehead atoms. The minimum Gasteiger partial charge on any atom is -0.448 e. The number of nitrogens with one attached hydrogen (secondary N) is 1. The quantitative estimate of drug-likeness (QED) is 0.816. The van der Waals surface area contributed by atoms with Gasteiger partial charge in [0.2, 0.25) is 0 Å². The summed E-state index contributed by atoms with van der Waals surface area (Å²) in [6, 6.07) is 6.20. The molecule has 0 saturated carbocycles. The number of halogens is 3. The Bertz CT molecular complexity index is 735. The number of anilines is 1. The largest absolute Gasteiger partial charge is 0.448 e. The molecule has 1 amide bonds. The number of amides is 1. The Morgan fingerprint density at radius 1 is 1.22 bits per heavy atom. The highest BCUT2D eigenvalue weighted by Crippen LogP contribution is 2.33. The summed E-state index contributed by atoms with van der Waals surface area (Å²) in [5.74, 6) is -1.16. The molecule has 0 aliphatic heterocycles. The van der Waals surface area contributed by atoms with Crippen molar-refractivity contribution >= 4 is 52.4 Å². The summed E-state index contributed by atoms with van der Waals surface area (Å²) >= 11 is 17.8. The van der Waals surface area contributed by atoms with E-state index in [1.165, 1.54) is 19.1 Å². The second-order valence-electron chi connectivity index (χ2n) is 4.79. The van der Waals surface area contributed by atoms with Crippen molar-refractivity contribution < 1.29 is 14.3 Å². The molecule has 0 spiro atoms. The summed E-state index contributed by atoms with van der Waals surface area (Å²) in [5.41, 5.74) is 0.553. The molecular weight excluding hydrogens is 363 g/mol. The molecule has 5 nitrogen and oxygen atoms in total. The average Bonchev–Trinajstić information content (AvgIpc) is 2.88. The molecule has 0 aliphatic rings. The molecule has 0 saturated heterocycles. The monoisotopic (exact) mass is 374 g/mol. The third-order valence-corrected chi connectivity index (χ3v) is 3.88. The predicted molar refractivity (Wildman–Crippen MR) is 90.4 cm³/mol. The zero-order valence-corrected chi connectivity index (χ0v) is 14.5. The highest BCUT2D eigenvalue weighted by Gasteiger charge is 2.22. The van der Waals surface area contributed by atoms with Crippen molar-refractivity contribution in [3.63, 3.8) is 0 Å². The Balaban J connectivity index is 2.06. The van der Waals surface area contributed by atoms with Gasteiger partial charge in [0, 0.05) is 18.3 Å². The Labute approximate surface area is 148 Å². The number of aryl methyl sites for hydroxylation is 1. The van der Waals surface area contributed by atoms with Gasteiger partial charge in [-0.15, -0.1) is 0 Å². The fourth-order valence-electron chi connectivity index (χ4n) is 1.83. The molecule has 8 heteroatoms. The van der Waals surface area contributed by atoms with Gasteiger partial charge in [-0.3, -0.25) is 4.79 Å². The molecule has 0 unspecified atom stereocenters. The summed E-state index contributed by atoms with van der Waals surface area (Å²) in [5, 5.41) is 3.26. The van der Waals surface area contributed by atoms with Gasteiger partial charge in [0.05, 0.1) is 15.7 Å². The average molecular weight is 376 g/mol. The van der Waals surface area contributed by atoms with Gasteiger partial charge < -0.3 is 14.6 Å². The van der Waals surface area contributed by atoms with Crippen LogP contribution in [0.5, 0.6) is 0 Å². The van der Waals surface area contributed by atoms with E-state index in [4.69, 9.17) is 39.5 Å². The summed E-state index contributed by atoms with van der Waals surface area (Å²) in [7, 11) is 1.70. The molecule has 1 N–H and O–H groups in total. The van der Waals surface area contributed by atoms with Gasteiger partial charge in [-0.05, 0) is 31.2 Å². The molecule has 2 aromatic rings. The lowest BCUT2D eigenvalue weighted by molar-refractivity contribution is -0.123. The molecule has 1 aromatic carbocycles. The normalized spacial score (nSPS) is 11.9. The van der Waals surface area contributed by atoms with Crippen LogP contribution in [0.4, 0.5) is 5.69 Å². The topological polar surface area (TPSA) is 60.3 Å². The van der Waals surface area contributed by atoms with Crippen molar-refractivity contribution in [1.82, 2.24) is 4.57 Å². The van der Waals surface area contributed by atoms with E-state index in [1.807, 2.05) is 0 Å². The minimum atomic E-state index is -1.03. The zero-order chi connectivity index (χ0) is 17.1. The number of benzene rings is 1. The standard InChI is InChI=1S/C15H13Cl3N2O3/c1-8(23-15(22)12-4-3-5-20(12)2)14(21)19-13-10(17)6-9(16)7-11(13)18/h3-8H,1-2H3,(H,19,21)/t8-/m0/s1. The second kappa shape index (κ2) is 7.25. The Morgan fingerprint density at radius 2 is 1.83 bits per heavy atom. The number of carbonyl (C=O) groups is 2. The van der Waals surface area contributed by atoms with Gasteiger partial charge in [0.1, 0.15) is 5.69 Å². The molecule has 1 aromatic heterocycles. The van der Waals surface area contributed by atoms with Crippen LogP contribution in [-0.2, 0) is 16.6 Å².